The van der Waals surface area contributed by atoms with E-state index in [9.17, 15) is 25.0 Å². The third-order valence-electron chi connectivity index (χ3n) is 4.17. The van der Waals surface area contributed by atoms with Gasteiger partial charge in [0.15, 0.2) is 0 Å². The first-order valence-corrected chi connectivity index (χ1v) is 9.03. The smallest absolute Gasteiger partial charge is 0.354 e. The lowest BCUT2D eigenvalue weighted by atomic mass is 10.1. The summed E-state index contributed by atoms with van der Waals surface area (Å²) in [7, 11) is 0. The molecule has 0 unspecified atom stereocenters. The summed E-state index contributed by atoms with van der Waals surface area (Å²) in [6.45, 7) is 0.390. The predicted molar refractivity (Wildman–Crippen MR) is 112 cm³/mol. The number of non-ortho nitro benzene ring substituents is 1. The van der Waals surface area contributed by atoms with E-state index in [0.717, 1.165) is 18.0 Å². The molecule has 0 aliphatic carbocycles. The summed E-state index contributed by atoms with van der Waals surface area (Å²) in [5.74, 6) is -0.973. The Hall–Kier alpha value is -4.61. The van der Waals surface area contributed by atoms with Crippen molar-refractivity contribution in [1.82, 2.24) is 15.4 Å². The maximum atomic E-state index is 12.3. The molecule has 1 aromatic heterocycles. The van der Waals surface area contributed by atoms with Gasteiger partial charge in [-0.1, -0.05) is 36.4 Å². The second-order valence-electron chi connectivity index (χ2n) is 6.23. The zero-order chi connectivity index (χ0) is 22.2. The third-order valence-corrected chi connectivity index (χ3v) is 4.17. The summed E-state index contributed by atoms with van der Waals surface area (Å²) in [4.78, 5) is 41.1. The number of nitrogens with zero attached hydrogens (tertiary/aromatic N) is 4. The second-order valence-corrected chi connectivity index (χ2v) is 6.23. The summed E-state index contributed by atoms with van der Waals surface area (Å²) in [6, 6.07) is 14.6. The average Bonchev–Trinajstić information content (AvgIpc) is 2.78. The number of hydrazine groups is 1. The molecule has 0 spiro atoms. The molecule has 0 bridgehead atoms. The molecule has 1 amide bonds. The minimum Gasteiger partial charge on any atom is -0.364 e. The number of anilines is 2. The quantitative estimate of drug-likeness (QED) is 0.346. The zero-order valence-electron chi connectivity index (χ0n) is 16.0. The number of aromatic nitrogens is 2. The Kier molecular flexibility index (Phi) is 6.63. The van der Waals surface area contributed by atoms with Crippen LogP contribution in [0.2, 0.25) is 0 Å². The van der Waals surface area contributed by atoms with Crippen molar-refractivity contribution in [3.05, 3.63) is 92.3 Å². The summed E-state index contributed by atoms with van der Waals surface area (Å²) < 4.78 is 0. The SMILES string of the molecule is O=C(NNc1ncnc(NCCc2ccccc2)c1[N+](=O)[O-])c1cccc([N+](=O)[O-])c1. The Bertz CT molecular complexity index is 1110. The van der Waals surface area contributed by atoms with Crippen LogP contribution in [0.15, 0.2) is 60.9 Å². The van der Waals surface area contributed by atoms with Crippen molar-refractivity contribution in [3.8, 4) is 0 Å². The highest BCUT2D eigenvalue weighted by Gasteiger charge is 2.23. The molecular weight excluding hydrogens is 406 g/mol. The van der Waals surface area contributed by atoms with E-state index in [4.69, 9.17) is 0 Å². The number of nitro benzene ring substituents is 1. The maximum Gasteiger partial charge on any atom is 0.354 e. The number of hydrogen-bond acceptors (Lipinski definition) is 9. The fraction of sp³-hybridized carbons (Fsp3) is 0.105. The van der Waals surface area contributed by atoms with E-state index in [1.54, 1.807) is 0 Å². The molecule has 31 heavy (non-hydrogen) atoms. The number of carbonyl (C=O) groups is 1. The van der Waals surface area contributed by atoms with E-state index in [1.807, 2.05) is 30.3 Å². The minimum atomic E-state index is -0.727. The van der Waals surface area contributed by atoms with E-state index in [-0.39, 0.29) is 22.9 Å². The molecule has 0 aliphatic rings. The van der Waals surface area contributed by atoms with Crippen molar-refractivity contribution in [3.63, 3.8) is 0 Å². The van der Waals surface area contributed by atoms with Crippen molar-refractivity contribution in [1.29, 1.82) is 0 Å². The second kappa shape index (κ2) is 9.73. The molecule has 1 heterocycles. The molecule has 12 nitrogen and oxygen atoms in total. The van der Waals surface area contributed by atoms with Gasteiger partial charge in [0, 0.05) is 24.2 Å². The molecule has 3 rings (SSSR count). The summed E-state index contributed by atoms with van der Waals surface area (Å²) in [5.41, 5.74) is 4.98. The predicted octanol–water partition coefficient (Wildman–Crippen LogP) is 2.70. The maximum absolute atomic E-state index is 12.3. The Morgan fingerprint density at radius 2 is 1.68 bits per heavy atom. The molecule has 3 aromatic rings. The van der Waals surface area contributed by atoms with Gasteiger partial charge >= 0.3 is 5.69 Å². The number of rotatable bonds is 9. The molecule has 3 N–H and O–H groups in total. The highest BCUT2D eigenvalue weighted by Crippen LogP contribution is 2.28. The molecule has 0 saturated heterocycles. The monoisotopic (exact) mass is 423 g/mol. The number of carbonyl (C=O) groups excluding carboxylic acids is 1. The van der Waals surface area contributed by atoms with Crippen LogP contribution >= 0.6 is 0 Å². The van der Waals surface area contributed by atoms with Crippen molar-refractivity contribution in [2.75, 3.05) is 17.3 Å². The van der Waals surface area contributed by atoms with Crippen LogP contribution < -0.4 is 16.2 Å². The van der Waals surface area contributed by atoms with Crippen LogP contribution in [0.25, 0.3) is 0 Å². The van der Waals surface area contributed by atoms with Crippen LogP contribution in [0.1, 0.15) is 15.9 Å². The molecule has 0 saturated carbocycles. The average molecular weight is 423 g/mol. The van der Waals surface area contributed by atoms with E-state index < -0.39 is 21.4 Å². The number of benzene rings is 2. The van der Waals surface area contributed by atoms with Gasteiger partial charge in [0.25, 0.3) is 11.6 Å². The fourth-order valence-corrected chi connectivity index (χ4v) is 2.69. The van der Waals surface area contributed by atoms with E-state index >= 15 is 0 Å². The topological polar surface area (TPSA) is 165 Å². The molecule has 158 valence electrons. The third kappa shape index (κ3) is 5.47. The van der Waals surface area contributed by atoms with Gasteiger partial charge in [-0.2, -0.15) is 0 Å². The molecule has 0 atom stereocenters. The Morgan fingerprint density at radius 1 is 0.935 bits per heavy atom. The molecule has 2 aromatic carbocycles. The number of nitrogens with one attached hydrogen (secondary N) is 3. The Labute approximate surface area is 175 Å². The largest absolute Gasteiger partial charge is 0.364 e. The van der Waals surface area contributed by atoms with E-state index in [1.165, 1.54) is 18.2 Å². The van der Waals surface area contributed by atoms with Crippen molar-refractivity contribution >= 4 is 28.9 Å². The molecule has 0 radical (unpaired) electrons. The van der Waals surface area contributed by atoms with Crippen LogP contribution in [-0.4, -0.2) is 32.3 Å². The fourth-order valence-electron chi connectivity index (χ4n) is 2.69. The highest BCUT2D eigenvalue weighted by molar-refractivity contribution is 5.95. The van der Waals surface area contributed by atoms with Crippen molar-refractivity contribution < 1.29 is 14.6 Å². The lowest BCUT2D eigenvalue weighted by Gasteiger charge is -2.11. The Balaban J connectivity index is 1.70. The zero-order valence-corrected chi connectivity index (χ0v) is 16.0. The normalized spacial score (nSPS) is 10.2. The van der Waals surface area contributed by atoms with Gasteiger partial charge in [0.1, 0.15) is 6.33 Å². The lowest BCUT2D eigenvalue weighted by molar-refractivity contribution is -0.384. The van der Waals surface area contributed by atoms with Gasteiger partial charge in [-0.25, -0.2) is 9.97 Å². The van der Waals surface area contributed by atoms with Crippen molar-refractivity contribution in [2.24, 2.45) is 0 Å². The van der Waals surface area contributed by atoms with E-state index in [0.29, 0.717) is 13.0 Å². The lowest BCUT2D eigenvalue weighted by Crippen LogP contribution is -2.30. The number of nitro groups is 2. The van der Waals surface area contributed by atoms with Crippen LogP contribution in [0.5, 0.6) is 0 Å². The molecule has 0 fully saturated rings. The first-order valence-electron chi connectivity index (χ1n) is 9.03. The van der Waals surface area contributed by atoms with Crippen LogP contribution in [0.3, 0.4) is 0 Å². The van der Waals surface area contributed by atoms with Gasteiger partial charge in [-0.05, 0) is 18.1 Å². The number of amides is 1. The first-order chi connectivity index (χ1) is 15.0. The van der Waals surface area contributed by atoms with Gasteiger partial charge < -0.3 is 5.32 Å². The van der Waals surface area contributed by atoms with E-state index in [2.05, 4.69) is 26.1 Å². The standard InChI is InChI=1S/C19H17N7O5/c27-19(14-7-4-8-15(11-14)25(28)29)24-23-18-16(26(30)31)17(21-12-22-18)20-10-9-13-5-2-1-3-6-13/h1-8,11-12H,9-10H2,(H,24,27)(H2,20,21,22,23). The first kappa shape index (κ1) is 21.1. The summed E-state index contributed by atoms with van der Waals surface area (Å²) in [5, 5.41) is 25.3. The van der Waals surface area contributed by atoms with Gasteiger partial charge in [0.05, 0.1) is 9.85 Å². The van der Waals surface area contributed by atoms with Crippen LogP contribution in [0.4, 0.5) is 23.0 Å². The minimum absolute atomic E-state index is 0.000353. The van der Waals surface area contributed by atoms with Gasteiger partial charge in [-0.15, -0.1) is 0 Å². The number of hydrogen-bond donors (Lipinski definition) is 3. The molecule has 12 heteroatoms. The van der Waals surface area contributed by atoms with Crippen LogP contribution in [0, 0.1) is 20.2 Å². The van der Waals surface area contributed by atoms with Gasteiger partial charge in [-0.3, -0.25) is 35.9 Å². The summed E-state index contributed by atoms with van der Waals surface area (Å²) in [6.07, 6.45) is 1.73. The Morgan fingerprint density at radius 3 is 2.39 bits per heavy atom. The molecular formula is C19H17N7O5. The summed E-state index contributed by atoms with van der Waals surface area (Å²) >= 11 is 0. The van der Waals surface area contributed by atoms with Gasteiger partial charge in [0.2, 0.25) is 11.6 Å². The van der Waals surface area contributed by atoms with Crippen LogP contribution in [-0.2, 0) is 6.42 Å². The highest BCUT2D eigenvalue weighted by atomic mass is 16.6. The molecule has 0 aliphatic heterocycles. The van der Waals surface area contributed by atoms with Crippen molar-refractivity contribution in [2.45, 2.75) is 6.42 Å².